The highest BCUT2D eigenvalue weighted by molar-refractivity contribution is 5.96. The number of rotatable bonds is 3. The van der Waals surface area contributed by atoms with Crippen LogP contribution in [0.1, 0.15) is 55.6 Å². The van der Waals surface area contributed by atoms with Crippen LogP contribution in [0.2, 0.25) is 0 Å². The molecule has 1 fully saturated rings. The summed E-state index contributed by atoms with van der Waals surface area (Å²) in [5.74, 6) is -0.180. The van der Waals surface area contributed by atoms with Gasteiger partial charge in [0, 0.05) is 24.7 Å². The number of benzene rings is 1. The first-order chi connectivity index (χ1) is 13.2. The molecule has 0 atom stereocenters. The fourth-order valence-corrected chi connectivity index (χ4v) is 3.59. The minimum atomic E-state index is -1.06. The summed E-state index contributed by atoms with van der Waals surface area (Å²) in [6, 6.07) is 5.48. The van der Waals surface area contributed by atoms with E-state index >= 15 is 0 Å². The Hall–Kier alpha value is -2.83. The molecule has 1 aromatic carbocycles. The molecule has 0 bridgehead atoms. The molecule has 1 amide bonds. The van der Waals surface area contributed by atoms with Gasteiger partial charge < -0.3 is 19.5 Å². The van der Waals surface area contributed by atoms with Gasteiger partial charge in [-0.3, -0.25) is 0 Å². The maximum atomic E-state index is 12.3. The average Bonchev–Trinajstić information content (AvgIpc) is 2.65. The SMILES string of the molecule is COc1ccc(C2CCN(C(=O)OC(C)(C)C)CC2)c2cc(C(=O)O)ncc12. The number of ether oxygens (including phenoxy) is 2. The van der Waals surface area contributed by atoms with Crippen LogP contribution in [0.3, 0.4) is 0 Å². The highest BCUT2D eigenvalue weighted by Crippen LogP contribution is 2.37. The molecule has 7 nitrogen and oxygen atoms in total. The molecule has 0 saturated carbocycles. The number of carboxylic acids is 1. The number of aromatic nitrogens is 1. The summed E-state index contributed by atoms with van der Waals surface area (Å²) < 4.78 is 10.9. The maximum Gasteiger partial charge on any atom is 0.410 e. The van der Waals surface area contributed by atoms with Gasteiger partial charge in [-0.25, -0.2) is 14.6 Å². The lowest BCUT2D eigenvalue weighted by atomic mass is 9.86. The average molecular weight is 386 g/mol. The van der Waals surface area contributed by atoms with Gasteiger partial charge in [-0.1, -0.05) is 6.07 Å². The van der Waals surface area contributed by atoms with Crippen LogP contribution >= 0.6 is 0 Å². The molecule has 1 aliphatic heterocycles. The zero-order valence-corrected chi connectivity index (χ0v) is 16.7. The summed E-state index contributed by atoms with van der Waals surface area (Å²) in [6.45, 7) is 6.77. The number of carbonyl (C=O) groups is 2. The van der Waals surface area contributed by atoms with Crippen molar-refractivity contribution >= 4 is 22.8 Å². The van der Waals surface area contributed by atoms with Crippen LogP contribution in [-0.4, -0.2) is 52.9 Å². The normalized spacial score (nSPS) is 15.5. The quantitative estimate of drug-likeness (QED) is 0.856. The zero-order chi connectivity index (χ0) is 20.5. The lowest BCUT2D eigenvalue weighted by Crippen LogP contribution is -2.41. The highest BCUT2D eigenvalue weighted by Gasteiger charge is 2.28. The van der Waals surface area contributed by atoms with Gasteiger partial charge in [0.1, 0.15) is 17.0 Å². The van der Waals surface area contributed by atoms with E-state index in [2.05, 4.69) is 4.98 Å². The van der Waals surface area contributed by atoms with Crippen LogP contribution < -0.4 is 4.74 Å². The number of pyridine rings is 1. The Morgan fingerprint density at radius 1 is 1.18 bits per heavy atom. The van der Waals surface area contributed by atoms with Crippen LogP contribution in [0.15, 0.2) is 24.4 Å². The van der Waals surface area contributed by atoms with E-state index in [1.54, 1.807) is 24.3 Å². The van der Waals surface area contributed by atoms with Gasteiger partial charge >= 0.3 is 12.1 Å². The third-order valence-electron chi connectivity index (χ3n) is 4.92. The van der Waals surface area contributed by atoms with Crippen LogP contribution in [0.4, 0.5) is 4.79 Å². The van der Waals surface area contributed by atoms with Crippen molar-refractivity contribution in [3.63, 3.8) is 0 Å². The minimum absolute atomic E-state index is 0.00759. The molecule has 1 aliphatic rings. The van der Waals surface area contributed by atoms with E-state index in [-0.39, 0.29) is 17.7 Å². The van der Waals surface area contributed by atoms with Crippen molar-refractivity contribution in [1.29, 1.82) is 0 Å². The lowest BCUT2D eigenvalue weighted by Gasteiger charge is -2.34. The molecule has 7 heteroatoms. The molecule has 0 spiro atoms. The van der Waals surface area contributed by atoms with Crippen LogP contribution in [0, 0.1) is 0 Å². The first-order valence-corrected chi connectivity index (χ1v) is 9.37. The van der Waals surface area contributed by atoms with Crippen molar-refractivity contribution in [1.82, 2.24) is 9.88 Å². The number of nitrogens with zero attached hydrogens (tertiary/aromatic N) is 2. The molecule has 1 N–H and O–H groups in total. The van der Waals surface area contributed by atoms with E-state index in [0.29, 0.717) is 18.8 Å². The van der Waals surface area contributed by atoms with E-state index in [9.17, 15) is 14.7 Å². The summed E-state index contributed by atoms with van der Waals surface area (Å²) in [6.07, 6.45) is 2.83. The largest absolute Gasteiger partial charge is 0.496 e. The van der Waals surface area contributed by atoms with Crippen molar-refractivity contribution in [2.75, 3.05) is 20.2 Å². The topological polar surface area (TPSA) is 89.0 Å². The monoisotopic (exact) mass is 386 g/mol. The van der Waals surface area contributed by atoms with Crippen LogP contribution in [0.5, 0.6) is 5.75 Å². The van der Waals surface area contributed by atoms with E-state index in [1.807, 2.05) is 32.9 Å². The number of carboxylic acid groups (broad SMARTS) is 1. The third kappa shape index (κ3) is 4.18. The smallest absolute Gasteiger partial charge is 0.410 e. The number of hydrogen-bond acceptors (Lipinski definition) is 5. The Balaban J connectivity index is 1.85. The molecular weight excluding hydrogens is 360 g/mol. The molecule has 1 saturated heterocycles. The molecule has 28 heavy (non-hydrogen) atoms. The van der Waals surface area contributed by atoms with E-state index in [0.717, 1.165) is 29.2 Å². The van der Waals surface area contributed by atoms with Gasteiger partial charge in [-0.15, -0.1) is 0 Å². The standard InChI is InChI=1S/C21H26N2O5/c1-21(2,3)28-20(26)23-9-7-13(8-10-23)14-5-6-18(27-4)16-12-22-17(19(24)25)11-15(14)16/h5-6,11-13H,7-10H2,1-4H3,(H,24,25). The Bertz CT molecular complexity index is 896. The summed E-state index contributed by atoms with van der Waals surface area (Å²) in [5, 5.41) is 10.9. The molecule has 3 rings (SSSR count). The molecule has 0 aliphatic carbocycles. The van der Waals surface area contributed by atoms with Crippen LogP contribution in [0.25, 0.3) is 10.8 Å². The van der Waals surface area contributed by atoms with E-state index in [4.69, 9.17) is 9.47 Å². The Kier molecular flexibility index (Phi) is 5.45. The van der Waals surface area contributed by atoms with E-state index < -0.39 is 11.6 Å². The number of carbonyl (C=O) groups excluding carboxylic acids is 1. The van der Waals surface area contributed by atoms with Gasteiger partial charge in [0.25, 0.3) is 0 Å². The number of fused-ring (bicyclic) bond motifs is 1. The molecule has 0 radical (unpaired) electrons. The number of methoxy groups -OCH3 is 1. The Morgan fingerprint density at radius 2 is 1.86 bits per heavy atom. The maximum absolute atomic E-state index is 12.3. The van der Waals surface area contributed by atoms with Crippen molar-refractivity contribution in [3.05, 3.63) is 35.7 Å². The first kappa shape index (κ1) is 19.9. The fraction of sp³-hybridized carbons (Fsp3) is 0.476. The molecular formula is C21H26N2O5. The number of aromatic carboxylic acids is 1. The van der Waals surface area contributed by atoms with Gasteiger partial charge in [-0.2, -0.15) is 0 Å². The summed E-state index contributed by atoms with van der Waals surface area (Å²) in [7, 11) is 1.58. The summed E-state index contributed by atoms with van der Waals surface area (Å²) in [4.78, 5) is 29.4. The molecule has 2 heterocycles. The number of piperidine rings is 1. The second-order valence-corrected chi connectivity index (χ2v) is 8.02. The second kappa shape index (κ2) is 7.66. The van der Waals surface area contributed by atoms with Gasteiger partial charge in [-0.05, 0) is 62.6 Å². The summed E-state index contributed by atoms with van der Waals surface area (Å²) >= 11 is 0. The Morgan fingerprint density at radius 3 is 2.43 bits per heavy atom. The highest BCUT2D eigenvalue weighted by atomic mass is 16.6. The Labute approximate surface area is 164 Å². The van der Waals surface area contributed by atoms with Crippen molar-refractivity contribution < 1.29 is 24.2 Å². The van der Waals surface area contributed by atoms with Gasteiger partial charge in [0.15, 0.2) is 0 Å². The fourth-order valence-electron chi connectivity index (χ4n) is 3.59. The van der Waals surface area contributed by atoms with Crippen molar-refractivity contribution in [2.24, 2.45) is 0 Å². The second-order valence-electron chi connectivity index (χ2n) is 8.02. The number of amides is 1. The van der Waals surface area contributed by atoms with Crippen molar-refractivity contribution in [3.8, 4) is 5.75 Å². The van der Waals surface area contributed by atoms with Crippen molar-refractivity contribution in [2.45, 2.75) is 45.1 Å². The molecule has 1 aromatic heterocycles. The van der Waals surface area contributed by atoms with Gasteiger partial charge in [0.2, 0.25) is 0 Å². The first-order valence-electron chi connectivity index (χ1n) is 9.37. The van der Waals surface area contributed by atoms with Gasteiger partial charge in [0.05, 0.1) is 7.11 Å². The number of likely N-dealkylation sites (tertiary alicyclic amines) is 1. The predicted molar refractivity (Wildman–Crippen MR) is 105 cm³/mol. The minimum Gasteiger partial charge on any atom is -0.496 e. The zero-order valence-electron chi connectivity index (χ0n) is 16.7. The van der Waals surface area contributed by atoms with Crippen LogP contribution in [-0.2, 0) is 4.74 Å². The summed E-state index contributed by atoms with van der Waals surface area (Å²) in [5.41, 5.74) is 0.554. The van der Waals surface area contributed by atoms with E-state index in [1.165, 1.54) is 0 Å². The number of hydrogen-bond donors (Lipinski definition) is 1. The molecule has 150 valence electrons. The molecule has 2 aromatic rings. The lowest BCUT2D eigenvalue weighted by molar-refractivity contribution is 0.0205. The third-order valence-corrected chi connectivity index (χ3v) is 4.92. The predicted octanol–water partition coefficient (Wildman–Crippen LogP) is 4.06. The molecule has 0 unspecified atom stereocenters.